The number of aliphatic hydroxyl groups excluding tert-OH is 1. The maximum Gasteiger partial charge on any atom is 0.241 e. The highest BCUT2D eigenvalue weighted by Crippen LogP contribution is 2.23. The molecular weight excluding hydrogens is 382 g/mol. The zero-order valence-electron chi connectivity index (χ0n) is 16.8. The van der Waals surface area contributed by atoms with Crippen molar-refractivity contribution in [1.82, 2.24) is 14.9 Å². The van der Waals surface area contributed by atoms with Crippen molar-refractivity contribution in [2.75, 3.05) is 46.0 Å². The number of hydrogen-bond acceptors (Lipinski definition) is 6. The van der Waals surface area contributed by atoms with Crippen LogP contribution in [0.25, 0.3) is 0 Å². The number of carbonyl (C=O) groups excluding carboxylic acids is 1. The van der Waals surface area contributed by atoms with Gasteiger partial charge in [-0.25, -0.2) is 8.42 Å². The van der Waals surface area contributed by atoms with Gasteiger partial charge in [0.15, 0.2) is 0 Å². The van der Waals surface area contributed by atoms with Gasteiger partial charge in [0.2, 0.25) is 15.9 Å². The number of hydrogen-bond donors (Lipinski definition) is 3. The van der Waals surface area contributed by atoms with Gasteiger partial charge < -0.3 is 15.2 Å². The quantitative estimate of drug-likeness (QED) is 0.557. The SMILES string of the molecule is CC(C)(C)c1ccc(S(=O)(=O)NC(CO)C(=O)NCCN2CCOCC2)cc1. The van der Waals surface area contributed by atoms with Gasteiger partial charge in [0.05, 0.1) is 24.7 Å². The van der Waals surface area contributed by atoms with E-state index in [0.717, 1.165) is 18.7 Å². The number of ether oxygens (including phenoxy) is 1. The maximum atomic E-state index is 12.6. The van der Waals surface area contributed by atoms with Gasteiger partial charge in [0, 0.05) is 26.2 Å². The second-order valence-corrected chi connectivity index (χ2v) is 9.59. The normalized spacial score (nSPS) is 17.3. The molecule has 1 aromatic carbocycles. The summed E-state index contributed by atoms with van der Waals surface area (Å²) in [6.07, 6.45) is 0. The van der Waals surface area contributed by atoms with Gasteiger partial charge in [-0.2, -0.15) is 4.72 Å². The molecule has 1 saturated heterocycles. The number of benzene rings is 1. The molecule has 158 valence electrons. The number of morpholine rings is 1. The van der Waals surface area contributed by atoms with Crippen LogP contribution in [0.2, 0.25) is 0 Å². The second-order valence-electron chi connectivity index (χ2n) is 7.88. The molecule has 28 heavy (non-hydrogen) atoms. The molecular formula is C19H31N3O5S. The van der Waals surface area contributed by atoms with Crippen LogP contribution in [0.4, 0.5) is 0 Å². The van der Waals surface area contributed by atoms with Crippen LogP contribution in [0.5, 0.6) is 0 Å². The Kier molecular flexibility index (Phi) is 7.97. The molecule has 8 nitrogen and oxygen atoms in total. The number of carbonyl (C=O) groups is 1. The number of nitrogens with zero attached hydrogens (tertiary/aromatic N) is 1. The summed E-state index contributed by atoms with van der Waals surface area (Å²) in [7, 11) is -3.92. The molecule has 1 unspecified atom stereocenters. The van der Waals surface area contributed by atoms with Crippen molar-refractivity contribution in [2.45, 2.75) is 37.1 Å². The van der Waals surface area contributed by atoms with Crippen LogP contribution >= 0.6 is 0 Å². The highest BCUT2D eigenvalue weighted by atomic mass is 32.2. The van der Waals surface area contributed by atoms with Gasteiger partial charge in [-0.1, -0.05) is 32.9 Å². The molecule has 0 bridgehead atoms. The molecule has 1 heterocycles. The van der Waals surface area contributed by atoms with E-state index in [-0.39, 0.29) is 10.3 Å². The lowest BCUT2D eigenvalue weighted by Gasteiger charge is -2.26. The lowest BCUT2D eigenvalue weighted by atomic mass is 9.87. The van der Waals surface area contributed by atoms with Crippen molar-refractivity contribution >= 4 is 15.9 Å². The van der Waals surface area contributed by atoms with E-state index in [2.05, 4.69) is 14.9 Å². The van der Waals surface area contributed by atoms with E-state index < -0.39 is 28.6 Å². The Morgan fingerprint density at radius 3 is 2.36 bits per heavy atom. The van der Waals surface area contributed by atoms with Gasteiger partial charge in [-0.05, 0) is 23.1 Å². The first-order valence-electron chi connectivity index (χ1n) is 9.45. The van der Waals surface area contributed by atoms with Gasteiger partial charge in [-0.15, -0.1) is 0 Å². The summed E-state index contributed by atoms with van der Waals surface area (Å²) in [5, 5.41) is 12.2. The van der Waals surface area contributed by atoms with Crippen LogP contribution in [0.15, 0.2) is 29.2 Å². The molecule has 2 rings (SSSR count). The monoisotopic (exact) mass is 413 g/mol. The van der Waals surface area contributed by atoms with Crippen LogP contribution in [-0.2, 0) is 25.0 Å². The van der Waals surface area contributed by atoms with Crippen molar-refractivity contribution in [3.63, 3.8) is 0 Å². The molecule has 1 aromatic rings. The second kappa shape index (κ2) is 9.80. The van der Waals surface area contributed by atoms with Crippen molar-refractivity contribution in [2.24, 2.45) is 0 Å². The number of aliphatic hydroxyl groups is 1. The molecule has 0 radical (unpaired) electrons. The van der Waals surface area contributed by atoms with Gasteiger partial charge in [-0.3, -0.25) is 9.69 Å². The minimum atomic E-state index is -3.92. The van der Waals surface area contributed by atoms with Crippen molar-refractivity contribution in [3.8, 4) is 0 Å². The average Bonchev–Trinajstić information content (AvgIpc) is 2.66. The van der Waals surface area contributed by atoms with E-state index in [4.69, 9.17) is 4.74 Å². The molecule has 1 atom stereocenters. The average molecular weight is 414 g/mol. The molecule has 9 heteroatoms. The molecule has 0 aromatic heterocycles. The first-order chi connectivity index (χ1) is 13.1. The summed E-state index contributed by atoms with van der Waals surface area (Å²) in [6, 6.07) is 5.29. The van der Waals surface area contributed by atoms with E-state index in [9.17, 15) is 18.3 Å². The van der Waals surface area contributed by atoms with Crippen molar-refractivity contribution in [3.05, 3.63) is 29.8 Å². The third kappa shape index (κ3) is 6.52. The summed E-state index contributed by atoms with van der Waals surface area (Å²) in [6.45, 7) is 9.46. The summed E-state index contributed by atoms with van der Waals surface area (Å²) < 4.78 is 32.7. The first-order valence-corrected chi connectivity index (χ1v) is 10.9. The van der Waals surface area contributed by atoms with Crippen LogP contribution in [-0.4, -0.2) is 76.4 Å². The number of sulfonamides is 1. The van der Waals surface area contributed by atoms with E-state index in [1.54, 1.807) is 12.1 Å². The van der Waals surface area contributed by atoms with Crippen molar-refractivity contribution in [1.29, 1.82) is 0 Å². The standard InChI is InChI=1S/C19H31N3O5S/c1-19(2,3)15-4-6-16(7-5-15)28(25,26)21-17(14-23)18(24)20-8-9-22-10-12-27-13-11-22/h4-7,17,21,23H,8-14H2,1-3H3,(H,20,24). The minimum Gasteiger partial charge on any atom is -0.394 e. The third-order valence-corrected chi connectivity index (χ3v) is 6.15. The lowest BCUT2D eigenvalue weighted by molar-refractivity contribution is -0.123. The Morgan fingerprint density at radius 1 is 1.21 bits per heavy atom. The number of nitrogens with one attached hydrogen (secondary N) is 2. The fraction of sp³-hybridized carbons (Fsp3) is 0.632. The molecule has 1 fully saturated rings. The molecule has 3 N–H and O–H groups in total. The largest absolute Gasteiger partial charge is 0.394 e. The predicted molar refractivity (Wildman–Crippen MR) is 107 cm³/mol. The van der Waals surface area contributed by atoms with Crippen molar-refractivity contribution < 1.29 is 23.1 Å². The fourth-order valence-electron chi connectivity index (χ4n) is 2.85. The fourth-order valence-corrected chi connectivity index (χ4v) is 4.03. The van der Waals surface area contributed by atoms with Gasteiger partial charge in [0.25, 0.3) is 0 Å². The van der Waals surface area contributed by atoms with E-state index >= 15 is 0 Å². The Bertz CT molecular complexity index is 738. The molecule has 1 aliphatic heterocycles. The Hall–Kier alpha value is -1.52. The predicted octanol–water partition coefficient (Wildman–Crippen LogP) is 0.0717. The highest BCUT2D eigenvalue weighted by molar-refractivity contribution is 7.89. The molecule has 0 spiro atoms. The van der Waals surface area contributed by atoms with Crippen LogP contribution in [0.1, 0.15) is 26.3 Å². The highest BCUT2D eigenvalue weighted by Gasteiger charge is 2.25. The Labute approximate surface area is 167 Å². The summed E-state index contributed by atoms with van der Waals surface area (Å²) in [5.41, 5.74) is 0.912. The zero-order chi connectivity index (χ0) is 20.8. The Morgan fingerprint density at radius 2 is 1.82 bits per heavy atom. The van der Waals surface area contributed by atoms with Gasteiger partial charge >= 0.3 is 0 Å². The lowest BCUT2D eigenvalue weighted by Crippen LogP contribution is -2.50. The zero-order valence-corrected chi connectivity index (χ0v) is 17.6. The molecule has 1 amide bonds. The summed E-state index contributed by atoms with van der Waals surface area (Å²) >= 11 is 0. The van der Waals surface area contributed by atoms with Gasteiger partial charge in [0.1, 0.15) is 6.04 Å². The minimum absolute atomic E-state index is 0.0556. The molecule has 0 aliphatic carbocycles. The van der Waals surface area contributed by atoms with E-state index in [0.29, 0.717) is 26.3 Å². The van der Waals surface area contributed by atoms with Crippen LogP contribution in [0, 0.1) is 0 Å². The Balaban J connectivity index is 1.93. The molecule has 0 saturated carbocycles. The summed E-state index contributed by atoms with van der Waals surface area (Å²) in [4.78, 5) is 14.5. The smallest absolute Gasteiger partial charge is 0.241 e. The topological polar surface area (TPSA) is 108 Å². The first kappa shape index (κ1) is 22.8. The van der Waals surface area contributed by atoms with Crippen LogP contribution in [0.3, 0.4) is 0 Å². The number of amides is 1. The summed E-state index contributed by atoms with van der Waals surface area (Å²) in [5.74, 6) is -0.550. The van der Waals surface area contributed by atoms with E-state index in [1.807, 2.05) is 20.8 Å². The maximum absolute atomic E-state index is 12.6. The van der Waals surface area contributed by atoms with Crippen LogP contribution < -0.4 is 10.0 Å². The number of rotatable bonds is 8. The third-order valence-electron chi connectivity index (χ3n) is 4.66. The van der Waals surface area contributed by atoms with E-state index in [1.165, 1.54) is 12.1 Å². The molecule has 1 aliphatic rings.